The molecule has 0 saturated heterocycles. The second-order valence-corrected chi connectivity index (χ2v) is 6.79. The molecule has 2 N–H and O–H groups in total. The number of carboxylic acid groups (broad SMARTS) is 1. The summed E-state index contributed by atoms with van der Waals surface area (Å²) in [5, 5.41) is 12.4. The minimum atomic E-state index is -1.02. The Balaban J connectivity index is 2.17. The van der Waals surface area contributed by atoms with Crippen molar-refractivity contribution in [3.63, 3.8) is 0 Å². The van der Waals surface area contributed by atoms with Gasteiger partial charge in [-0.25, -0.2) is 4.79 Å². The standard InChI is InChI=1S/C15H14BrNO3S/c1-8-9(2)21-14(13(8)15(19)20)17-12(18)7-10-4-3-5-11(16)6-10/h3-6H,7H2,1-2H3,(H,17,18)(H,19,20). The number of aryl methyl sites for hydroxylation is 1. The third-order valence-corrected chi connectivity index (χ3v) is 4.72. The molecule has 2 aromatic rings. The highest BCUT2D eigenvalue weighted by Crippen LogP contribution is 2.32. The summed E-state index contributed by atoms with van der Waals surface area (Å²) in [6.07, 6.45) is 0.203. The van der Waals surface area contributed by atoms with Gasteiger partial charge in [-0.3, -0.25) is 4.79 Å². The molecule has 0 fully saturated rings. The maximum atomic E-state index is 12.1. The first kappa shape index (κ1) is 15.7. The largest absolute Gasteiger partial charge is 0.478 e. The molecule has 2 rings (SSSR count). The Hall–Kier alpha value is -1.66. The first-order valence-corrected chi connectivity index (χ1v) is 7.87. The van der Waals surface area contributed by atoms with E-state index >= 15 is 0 Å². The topological polar surface area (TPSA) is 66.4 Å². The third kappa shape index (κ3) is 3.71. The summed E-state index contributed by atoms with van der Waals surface area (Å²) in [6, 6.07) is 7.46. The van der Waals surface area contributed by atoms with Gasteiger partial charge in [0.05, 0.1) is 12.0 Å². The summed E-state index contributed by atoms with van der Waals surface area (Å²) >= 11 is 4.64. The number of hydrogen-bond donors (Lipinski definition) is 2. The van der Waals surface area contributed by atoms with Crippen LogP contribution in [0.3, 0.4) is 0 Å². The molecule has 110 valence electrons. The zero-order chi connectivity index (χ0) is 15.6. The van der Waals surface area contributed by atoms with Crippen molar-refractivity contribution in [2.75, 3.05) is 5.32 Å². The molecule has 0 unspecified atom stereocenters. The number of carbonyl (C=O) groups is 2. The molecule has 1 heterocycles. The average molecular weight is 368 g/mol. The van der Waals surface area contributed by atoms with Gasteiger partial charge in [0, 0.05) is 9.35 Å². The lowest BCUT2D eigenvalue weighted by molar-refractivity contribution is -0.115. The second-order valence-electron chi connectivity index (χ2n) is 4.65. The molecular formula is C15H14BrNO3S. The van der Waals surface area contributed by atoms with Crippen LogP contribution in [0, 0.1) is 13.8 Å². The first-order valence-electron chi connectivity index (χ1n) is 6.26. The van der Waals surface area contributed by atoms with E-state index in [-0.39, 0.29) is 17.9 Å². The molecule has 0 aliphatic heterocycles. The summed E-state index contributed by atoms with van der Waals surface area (Å²) in [5.74, 6) is -1.24. The third-order valence-electron chi connectivity index (χ3n) is 3.11. The van der Waals surface area contributed by atoms with Crippen LogP contribution in [0.1, 0.15) is 26.4 Å². The van der Waals surface area contributed by atoms with E-state index in [4.69, 9.17) is 0 Å². The van der Waals surface area contributed by atoms with Crippen molar-refractivity contribution in [2.45, 2.75) is 20.3 Å². The monoisotopic (exact) mass is 367 g/mol. The Bertz CT molecular complexity index is 709. The molecule has 0 saturated carbocycles. The molecule has 0 aliphatic rings. The Labute approximate surface area is 134 Å². The SMILES string of the molecule is Cc1sc(NC(=O)Cc2cccc(Br)c2)c(C(=O)O)c1C. The number of carbonyl (C=O) groups excluding carboxylic acids is 1. The molecule has 0 radical (unpaired) electrons. The summed E-state index contributed by atoms with van der Waals surface area (Å²) in [5.41, 5.74) is 1.74. The number of amides is 1. The highest BCUT2D eigenvalue weighted by atomic mass is 79.9. The van der Waals surface area contributed by atoms with Crippen LogP contribution in [0.4, 0.5) is 5.00 Å². The van der Waals surface area contributed by atoms with Crippen molar-refractivity contribution in [1.29, 1.82) is 0 Å². The maximum Gasteiger partial charge on any atom is 0.338 e. The number of halogens is 1. The second kappa shape index (κ2) is 6.41. The van der Waals surface area contributed by atoms with Gasteiger partial charge >= 0.3 is 5.97 Å². The lowest BCUT2D eigenvalue weighted by atomic mass is 10.1. The van der Waals surface area contributed by atoms with Gasteiger partial charge < -0.3 is 10.4 Å². The van der Waals surface area contributed by atoms with Crippen molar-refractivity contribution in [3.05, 3.63) is 50.3 Å². The highest BCUT2D eigenvalue weighted by Gasteiger charge is 2.20. The van der Waals surface area contributed by atoms with Crippen LogP contribution < -0.4 is 5.32 Å². The lowest BCUT2D eigenvalue weighted by Gasteiger charge is -2.05. The number of carboxylic acids is 1. The van der Waals surface area contributed by atoms with Crippen molar-refractivity contribution in [1.82, 2.24) is 0 Å². The van der Waals surface area contributed by atoms with Crippen LogP contribution in [0.5, 0.6) is 0 Å². The van der Waals surface area contributed by atoms with Crippen molar-refractivity contribution < 1.29 is 14.7 Å². The summed E-state index contributed by atoms with van der Waals surface area (Å²) in [6.45, 7) is 3.59. The normalized spacial score (nSPS) is 10.4. The minimum Gasteiger partial charge on any atom is -0.478 e. The molecule has 6 heteroatoms. The number of nitrogens with one attached hydrogen (secondary N) is 1. The quantitative estimate of drug-likeness (QED) is 0.857. The van der Waals surface area contributed by atoms with Gasteiger partial charge in [-0.15, -0.1) is 11.3 Å². The molecule has 21 heavy (non-hydrogen) atoms. The van der Waals surface area contributed by atoms with E-state index in [1.54, 1.807) is 6.92 Å². The molecule has 1 aromatic carbocycles. The molecule has 1 aromatic heterocycles. The van der Waals surface area contributed by atoms with Crippen molar-refractivity contribution in [2.24, 2.45) is 0 Å². The fraction of sp³-hybridized carbons (Fsp3) is 0.200. The van der Waals surface area contributed by atoms with E-state index in [2.05, 4.69) is 21.2 Å². The molecule has 0 atom stereocenters. The van der Waals surface area contributed by atoms with E-state index in [0.29, 0.717) is 10.6 Å². The number of rotatable bonds is 4. The molecule has 1 amide bonds. The van der Waals surface area contributed by atoms with E-state index in [1.807, 2.05) is 31.2 Å². The van der Waals surface area contributed by atoms with Crippen LogP contribution in [-0.2, 0) is 11.2 Å². The number of hydrogen-bond acceptors (Lipinski definition) is 3. The zero-order valence-electron chi connectivity index (χ0n) is 11.6. The van der Waals surface area contributed by atoms with Crippen LogP contribution >= 0.6 is 27.3 Å². The van der Waals surface area contributed by atoms with E-state index in [9.17, 15) is 14.7 Å². The summed E-state index contributed by atoms with van der Waals surface area (Å²) in [4.78, 5) is 24.3. The smallest absolute Gasteiger partial charge is 0.338 e. The van der Waals surface area contributed by atoms with Crippen molar-refractivity contribution in [3.8, 4) is 0 Å². The van der Waals surface area contributed by atoms with E-state index < -0.39 is 5.97 Å². The van der Waals surface area contributed by atoms with Gasteiger partial charge in [-0.1, -0.05) is 28.1 Å². The van der Waals surface area contributed by atoms with Crippen LogP contribution in [-0.4, -0.2) is 17.0 Å². The predicted octanol–water partition coefficient (Wildman–Crippen LogP) is 4.01. The van der Waals surface area contributed by atoms with Crippen molar-refractivity contribution >= 4 is 44.1 Å². The van der Waals surface area contributed by atoms with Crippen LogP contribution in [0.25, 0.3) is 0 Å². The number of thiophene rings is 1. The van der Waals surface area contributed by atoms with E-state index in [1.165, 1.54) is 11.3 Å². The Morgan fingerprint density at radius 1 is 1.33 bits per heavy atom. The predicted molar refractivity (Wildman–Crippen MR) is 87.2 cm³/mol. The molecule has 4 nitrogen and oxygen atoms in total. The van der Waals surface area contributed by atoms with E-state index in [0.717, 1.165) is 14.9 Å². The van der Waals surface area contributed by atoms with Gasteiger partial charge in [0.15, 0.2) is 0 Å². The fourth-order valence-corrected chi connectivity index (χ4v) is 3.49. The summed E-state index contributed by atoms with van der Waals surface area (Å²) < 4.78 is 0.904. The maximum absolute atomic E-state index is 12.1. The number of aromatic carboxylic acids is 1. The summed E-state index contributed by atoms with van der Waals surface area (Å²) in [7, 11) is 0. The highest BCUT2D eigenvalue weighted by molar-refractivity contribution is 9.10. The lowest BCUT2D eigenvalue weighted by Crippen LogP contribution is -2.15. The first-order chi connectivity index (χ1) is 9.88. The number of anilines is 1. The van der Waals surface area contributed by atoms with Gasteiger partial charge in [-0.2, -0.15) is 0 Å². The van der Waals surface area contributed by atoms with Crippen LogP contribution in [0.2, 0.25) is 0 Å². The van der Waals surface area contributed by atoms with Gasteiger partial charge in [0.25, 0.3) is 0 Å². The Kier molecular flexibility index (Phi) is 4.80. The average Bonchev–Trinajstić information content (AvgIpc) is 2.64. The number of benzene rings is 1. The molecular weight excluding hydrogens is 354 g/mol. The van der Waals surface area contributed by atoms with Gasteiger partial charge in [0.1, 0.15) is 5.00 Å². The zero-order valence-corrected chi connectivity index (χ0v) is 14.0. The van der Waals surface area contributed by atoms with Gasteiger partial charge in [0.2, 0.25) is 5.91 Å². The van der Waals surface area contributed by atoms with Gasteiger partial charge in [-0.05, 0) is 37.1 Å². The molecule has 0 bridgehead atoms. The Morgan fingerprint density at radius 2 is 2.05 bits per heavy atom. The molecule has 0 aliphatic carbocycles. The molecule has 0 spiro atoms. The Morgan fingerprint density at radius 3 is 2.67 bits per heavy atom. The minimum absolute atomic E-state index is 0.181. The fourth-order valence-electron chi connectivity index (χ4n) is 1.98. The van der Waals surface area contributed by atoms with Crippen LogP contribution in [0.15, 0.2) is 28.7 Å².